The lowest BCUT2D eigenvalue weighted by atomic mass is 9.97. The van der Waals surface area contributed by atoms with Crippen molar-refractivity contribution in [2.75, 3.05) is 54.6 Å². The highest BCUT2D eigenvalue weighted by Gasteiger charge is 2.68. The number of piperazine rings is 2. The fourth-order valence-electron chi connectivity index (χ4n) is 6.33. The van der Waals surface area contributed by atoms with Crippen molar-refractivity contribution in [3.63, 3.8) is 0 Å². The molecule has 8 rings (SSSR count). The van der Waals surface area contributed by atoms with Gasteiger partial charge in [0.1, 0.15) is 0 Å². The van der Waals surface area contributed by atoms with Gasteiger partial charge in [0.05, 0.1) is 39.6 Å². The van der Waals surface area contributed by atoms with Gasteiger partial charge < -0.3 is 39.3 Å². The minimum atomic E-state index is -1.27. The average Bonchev–Trinajstić information content (AvgIpc) is 3.10. The van der Waals surface area contributed by atoms with Crippen LogP contribution in [0.25, 0.3) is 0 Å². The Hall–Kier alpha value is -2.44. The number of fused-ring (bicyclic) bond motifs is 6. The van der Waals surface area contributed by atoms with Crippen molar-refractivity contribution in [2.45, 2.75) is 45.5 Å². The Morgan fingerprint density at radius 3 is 1.10 bits per heavy atom. The molecule has 4 atom stereocenters. The number of rotatable bonds is 13. The van der Waals surface area contributed by atoms with Gasteiger partial charge in [0.25, 0.3) is 23.6 Å². The molecular weight excluding hydrogens is 697 g/mol. The van der Waals surface area contributed by atoms with Gasteiger partial charge in [-0.1, -0.05) is 70.1 Å². The third-order valence-electron chi connectivity index (χ3n) is 9.63. The zero-order valence-electron chi connectivity index (χ0n) is 27.0. The van der Waals surface area contributed by atoms with Crippen LogP contribution in [0.5, 0.6) is 0 Å². The molecule has 6 saturated heterocycles. The molecule has 6 heterocycles. The molecular formula is C32H38N4O8S4. The van der Waals surface area contributed by atoms with Crippen LogP contribution in [0.15, 0.2) is 48.5 Å². The number of aliphatic hydroxyl groups is 2. The van der Waals surface area contributed by atoms with Crippen molar-refractivity contribution in [2.24, 2.45) is 0 Å². The fourth-order valence-corrected chi connectivity index (χ4v) is 13.6. The van der Waals surface area contributed by atoms with Gasteiger partial charge in [0, 0.05) is 41.0 Å². The van der Waals surface area contributed by atoms with E-state index in [1.165, 1.54) is 62.8 Å². The van der Waals surface area contributed by atoms with Crippen LogP contribution in [0.1, 0.15) is 22.3 Å². The first-order chi connectivity index (χ1) is 22.9. The molecule has 12 nitrogen and oxygen atoms in total. The van der Waals surface area contributed by atoms with Crippen molar-refractivity contribution < 1.29 is 38.9 Å². The molecule has 2 aromatic carbocycles. The average molecular weight is 735 g/mol. The lowest BCUT2D eigenvalue weighted by Gasteiger charge is -2.58. The van der Waals surface area contributed by atoms with E-state index in [0.29, 0.717) is 39.3 Å². The molecule has 0 aromatic heterocycles. The minimum absolute atomic E-state index is 0.192. The zero-order chi connectivity index (χ0) is 34.5. The van der Waals surface area contributed by atoms with E-state index in [2.05, 4.69) is 0 Å². The van der Waals surface area contributed by atoms with E-state index in [4.69, 9.17) is 9.47 Å². The lowest BCUT2D eigenvalue weighted by molar-refractivity contribution is -0.165. The molecule has 4 amide bonds. The van der Waals surface area contributed by atoms with Crippen LogP contribution in [-0.2, 0) is 54.7 Å². The van der Waals surface area contributed by atoms with Gasteiger partial charge in [0.2, 0.25) is 9.74 Å². The molecule has 48 heavy (non-hydrogen) atoms. The molecule has 0 radical (unpaired) electrons. The zero-order valence-corrected chi connectivity index (χ0v) is 30.3. The number of nitrogens with zero attached hydrogens (tertiary/aromatic N) is 4. The molecule has 4 bridgehead atoms. The van der Waals surface area contributed by atoms with Crippen molar-refractivity contribution in [3.05, 3.63) is 70.8 Å². The summed E-state index contributed by atoms with van der Waals surface area (Å²) in [6.45, 7) is 0.737. The molecule has 0 aliphatic carbocycles. The lowest BCUT2D eigenvalue weighted by Crippen LogP contribution is -2.77. The van der Waals surface area contributed by atoms with E-state index in [9.17, 15) is 29.4 Å². The maximum atomic E-state index is 13.3. The van der Waals surface area contributed by atoms with Gasteiger partial charge in [0.15, 0.2) is 9.74 Å². The molecule has 258 valence electrons. The van der Waals surface area contributed by atoms with Crippen molar-refractivity contribution in [1.82, 2.24) is 19.6 Å². The molecule has 6 aliphatic rings. The minimum Gasteiger partial charge on any atom is -0.392 e. The number of carbonyl (C=O) groups is 4. The third kappa shape index (κ3) is 5.43. The van der Waals surface area contributed by atoms with Gasteiger partial charge in [-0.15, -0.1) is 0 Å². The van der Waals surface area contributed by atoms with E-state index < -0.39 is 32.7 Å². The van der Waals surface area contributed by atoms with E-state index in [-0.39, 0.29) is 23.6 Å². The summed E-state index contributed by atoms with van der Waals surface area (Å²) < 4.78 is 11.6. The molecule has 2 aromatic rings. The number of likely N-dealkylation sites (N-methyl/N-ethyl adjacent to an activating group) is 4. The molecule has 6 aliphatic heterocycles. The second kappa shape index (κ2) is 13.4. The molecule has 0 saturated carbocycles. The number of carbonyl (C=O) groups excluding carboxylic acids is 4. The summed E-state index contributed by atoms with van der Waals surface area (Å²) in [5.74, 6) is -0.921. The van der Waals surface area contributed by atoms with Crippen molar-refractivity contribution >= 4 is 66.8 Å². The predicted molar refractivity (Wildman–Crippen MR) is 186 cm³/mol. The number of ether oxygens (including phenoxy) is 2. The van der Waals surface area contributed by atoms with E-state index in [1.807, 2.05) is 48.5 Å². The largest absolute Gasteiger partial charge is 0.392 e. The second-order valence-corrected chi connectivity index (χ2v) is 17.7. The highest BCUT2D eigenvalue weighted by Crippen LogP contribution is 2.60. The quantitative estimate of drug-likeness (QED) is 0.230. The number of benzene rings is 2. The van der Waals surface area contributed by atoms with E-state index >= 15 is 0 Å². The molecule has 0 unspecified atom stereocenters. The SMILES string of the molecule is CN1C(=O)[C@]2(Cc3ccc(COCCOCc4ccc(C[C@@]56SS[C@@](CO)(C(=O)N5C)N(C)C6=O)cc4)cc3)SS[C@@]1(CO)C(=O)N2C. The highest BCUT2D eigenvalue weighted by molar-refractivity contribution is 8.78. The Bertz CT molecular complexity index is 1480. The topological polar surface area (TPSA) is 140 Å². The first-order valence-electron chi connectivity index (χ1n) is 15.3. The van der Waals surface area contributed by atoms with Gasteiger partial charge in [-0.05, 0) is 43.8 Å². The van der Waals surface area contributed by atoms with Gasteiger partial charge in [-0.25, -0.2) is 0 Å². The second-order valence-electron chi connectivity index (χ2n) is 12.3. The van der Waals surface area contributed by atoms with E-state index in [0.717, 1.165) is 22.3 Å². The Morgan fingerprint density at radius 1 is 0.500 bits per heavy atom. The van der Waals surface area contributed by atoms with Crippen molar-refractivity contribution in [3.8, 4) is 0 Å². The monoisotopic (exact) mass is 734 g/mol. The molecule has 0 spiro atoms. The number of aliphatic hydroxyl groups excluding tert-OH is 2. The summed E-state index contributed by atoms with van der Waals surface area (Å²) in [5, 5.41) is 19.8. The van der Waals surface area contributed by atoms with Crippen LogP contribution in [0.3, 0.4) is 0 Å². The number of hydrogen-bond acceptors (Lipinski definition) is 12. The van der Waals surface area contributed by atoms with E-state index in [1.54, 1.807) is 28.2 Å². The number of amides is 4. The van der Waals surface area contributed by atoms with Crippen LogP contribution in [0.4, 0.5) is 0 Å². The fraction of sp³-hybridized carbons (Fsp3) is 0.500. The molecule has 6 fully saturated rings. The van der Waals surface area contributed by atoms with Crippen LogP contribution in [0.2, 0.25) is 0 Å². The number of hydrogen-bond donors (Lipinski definition) is 2. The highest BCUT2D eigenvalue weighted by atomic mass is 33.1. The Labute approximate surface area is 295 Å². The van der Waals surface area contributed by atoms with Crippen LogP contribution < -0.4 is 0 Å². The standard InChI is InChI=1S/C32H38N4O8S4/c1-33-27(41)31(19-37)35(3)25(39)29(33,45-47-31)15-21-5-9-23(10-6-21)17-43-13-14-44-18-24-11-7-22(8-12-24)16-30-26(40)36(4)32(20-38,48-46-30)28(42)34(30)2/h5-12,37-38H,13-20H2,1-4H3/t29-,30-,31-,32-/m0/s1. The van der Waals surface area contributed by atoms with Crippen LogP contribution in [0, 0.1) is 0 Å². The summed E-state index contributed by atoms with van der Waals surface area (Å²) in [7, 11) is 11.6. The summed E-state index contributed by atoms with van der Waals surface area (Å²) >= 11 is 0. The normalized spacial score (nSPS) is 29.9. The maximum Gasteiger partial charge on any atom is 0.263 e. The summed E-state index contributed by atoms with van der Waals surface area (Å²) in [5.41, 5.74) is 3.77. The smallest absolute Gasteiger partial charge is 0.263 e. The van der Waals surface area contributed by atoms with Crippen LogP contribution >= 0.6 is 43.2 Å². The summed E-state index contributed by atoms with van der Waals surface area (Å²) in [6.07, 6.45) is 0.702. The van der Waals surface area contributed by atoms with Crippen LogP contribution in [-0.4, -0.2) is 128 Å². The maximum absolute atomic E-state index is 13.3. The Kier molecular flexibility index (Phi) is 9.85. The summed E-state index contributed by atoms with van der Waals surface area (Å²) in [4.78, 5) is 53.8. The molecule has 2 N–H and O–H groups in total. The first kappa shape index (κ1) is 35.4. The Morgan fingerprint density at radius 2 is 0.771 bits per heavy atom. The van der Waals surface area contributed by atoms with Gasteiger partial charge in [-0.2, -0.15) is 0 Å². The Balaban J connectivity index is 0.942. The van der Waals surface area contributed by atoms with Gasteiger partial charge >= 0.3 is 0 Å². The van der Waals surface area contributed by atoms with Gasteiger partial charge in [-0.3, -0.25) is 19.2 Å². The summed E-state index contributed by atoms with van der Waals surface area (Å²) in [6, 6.07) is 15.6. The predicted octanol–water partition coefficient (Wildman–Crippen LogP) is 1.93. The van der Waals surface area contributed by atoms with Crippen molar-refractivity contribution in [1.29, 1.82) is 0 Å². The third-order valence-corrected chi connectivity index (χ3v) is 17.0. The first-order valence-corrected chi connectivity index (χ1v) is 19.6. The molecule has 16 heteroatoms.